The zero-order valence-corrected chi connectivity index (χ0v) is 11.0. The molecule has 0 saturated carbocycles. The van der Waals surface area contributed by atoms with Gasteiger partial charge in [-0.25, -0.2) is 0 Å². The molecule has 1 aromatic rings. The summed E-state index contributed by atoms with van der Waals surface area (Å²) in [7, 11) is 1.63. The standard InChI is InChI=1S/C13H22N2O3/c1-10(14)12-4-3-11(9-13(12)17)15(5-7-16)6-8-18-2/h3-4,9-10,16-17H,5-8,14H2,1-2H3. The number of aromatic hydroxyl groups is 1. The molecule has 0 heterocycles. The first kappa shape index (κ1) is 14.8. The summed E-state index contributed by atoms with van der Waals surface area (Å²) in [6.45, 7) is 3.61. The van der Waals surface area contributed by atoms with Crippen LogP contribution in [0.5, 0.6) is 5.75 Å². The SMILES string of the molecule is COCCN(CCO)c1ccc(C(C)N)c(O)c1. The van der Waals surface area contributed by atoms with E-state index in [0.717, 1.165) is 11.3 Å². The largest absolute Gasteiger partial charge is 0.508 e. The fourth-order valence-corrected chi connectivity index (χ4v) is 1.81. The predicted molar refractivity (Wildman–Crippen MR) is 71.9 cm³/mol. The second-order valence-corrected chi connectivity index (χ2v) is 4.24. The van der Waals surface area contributed by atoms with Crippen LogP contribution in [-0.2, 0) is 4.74 Å². The number of aliphatic hydroxyl groups excluding tert-OH is 1. The van der Waals surface area contributed by atoms with Gasteiger partial charge in [-0.1, -0.05) is 6.07 Å². The van der Waals surface area contributed by atoms with Gasteiger partial charge in [0.2, 0.25) is 0 Å². The number of phenolic OH excluding ortho intramolecular Hbond substituents is 1. The van der Waals surface area contributed by atoms with Crippen molar-refractivity contribution in [3.8, 4) is 5.75 Å². The Morgan fingerprint density at radius 1 is 1.39 bits per heavy atom. The maximum atomic E-state index is 9.90. The van der Waals surface area contributed by atoms with Crippen LogP contribution in [0.25, 0.3) is 0 Å². The van der Waals surface area contributed by atoms with E-state index in [1.165, 1.54) is 0 Å². The van der Waals surface area contributed by atoms with Crippen molar-refractivity contribution in [1.82, 2.24) is 0 Å². The number of hydrogen-bond acceptors (Lipinski definition) is 5. The van der Waals surface area contributed by atoms with Crippen molar-refractivity contribution in [3.05, 3.63) is 23.8 Å². The third-order valence-corrected chi connectivity index (χ3v) is 2.80. The van der Waals surface area contributed by atoms with Gasteiger partial charge in [-0.3, -0.25) is 0 Å². The monoisotopic (exact) mass is 254 g/mol. The lowest BCUT2D eigenvalue weighted by Crippen LogP contribution is -2.30. The number of phenols is 1. The lowest BCUT2D eigenvalue weighted by Gasteiger charge is -2.24. The number of methoxy groups -OCH3 is 1. The summed E-state index contributed by atoms with van der Waals surface area (Å²) in [4.78, 5) is 1.95. The van der Waals surface area contributed by atoms with E-state index in [0.29, 0.717) is 19.7 Å². The van der Waals surface area contributed by atoms with Crippen LogP contribution in [0.15, 0.2) is 18.2 Å². The summed E-state index contributed by atoms with van der Waals surface area (Å²) >= 11 is 0. The van der Waals surface area contributed by atoms with Crippen LogP contribution in [0.3, 0.4) is 0 Å². The van der Waals surface area contributed by atoms with Gasteiger partial charge in [0.05, 0.1) is 13.2 Å². The van der Waals surface area contributed by atoms with E-state index in [9.17, 15) is 5.11 Å². The van der Waals surface area contributed by atoms with Gasteiger partial charge in [-0.05, 0) is 13.0 Å². The molecular formula is C13H22N2O3. The molecule has 0 amide bonds. The Morgan fingerprint density at radius 2 is 2.11 bits per heavy atom. The smallest absolute Gasteiger partial charge is 0.122 e. The summed E-state index contributed by atoms with van der Waals surface area (Å²) in [6, 6.07) is 5.17. The van der Waals surface area contributed by atoms with Crippen LogP contribution < -0.4 is 10.6 Å². The molecule has 0 aliphatic heterocycles. The van der Waals surface area contributed by atoms with Crippen molar-refractivity contribution in [2.24, 2.45) is 5.73 Å². The van der Waals surface area contributed by atoms with E-state index in [1.54, 1.807) is 13.2 Å². The highest BCUT2D eigenvalue weighted by molar-refractivity contribution is 5.54. The number of hydrogen-bond donors (Lipinski definition) is 3. The maximum Gasteiger partial charge on any atom is 0.122 e. The average Bonchev–Trinajstić information content (AvgIpc) is 2.33. The summed E-state index contributed by atoms with van der Waals surface area (Å²) < 4.78 is 5.03. The normalized spacial score (nSPS) is 12.4. The Balaban J connectivity index is 2.88. The molecule has 1 aromatic carbocycles. The molecule has 0 bridgehead atoms. The molecule has 1 unspecified atom stereocenters. The third-order valence-electron chi connectivity index (χ3n) is 2.80. The second kappa shape index (κ2) is 7.20. The Morgan fingerprint density at radius 3 is 2.61 bits per heavy atom. The Bertz CT molecular complexity index is 369. The first-order chi connectivity index (χ1) is 8.60. The Hall–Kier alpha value is -1.30. The first-order valence-electron chi connectivity index (χ1n) is 6.03. The molecule has 102 valence electrons. The van der Waals surface area contributed by atoms with E-state index in [1.807, 2.05) is 24.0 Å². The van der Waals surface area contributed by atoms with Crippen LogP contribution in [-0.4, -0.2) is 43.6 Å². The Labute approximate surface area is 108 Å². The highest BCUT2D eigenvalue weighted by Crippen LogP contribution is 2.27. The zero-order valence-electron chi connectivity index (χ0n) is 11.0. The van der Waals surface area contributed by atoms with Gasteiger partial charge in [-0.15, -0.1) is 0 Å². The number of anilines is 1. The molecular weight excluding hydrogens is 232 g/mol. The van der Waals surface area contributed by atoms with Crippen LogP contribution in [0.1, 0.15) is 18.5 Å². The minimum absolute atomic E-state index is 0.0551. The van der Waals surface area contributed by atoms with Gasteiger partial charge in [0.15, 0.2) is 0 Å². The molecule has 5 heteroatoms. The predicted octanol–water partition coefficient (Wildman–Crippen LogP) is 0.857. The third kappa shape index (κ3) is 3.87. The maximum absolute atomic E-state index is 9.90. The number of nitrogens with two attached hydrogens (primary N) is 1. The molecule has 5 nitrogen and oxygen atoms in total. The summed E-state index contributed by atoms with van der Waals surface area (Å²) in [5.74, 6) is 0.183. The molecule has 1 rings (SSSR count). The van der Waals surface area contributed by atoms with E-state index >= 15 is 0 Å². The first-order valence-corrected chi connectivity index (χ1v) is 6.03. The van der Waals surface area contributed by atoms with E-state index in [2.05, 4.69) is 0 Å². The van der Waals surface area contributed by atoms with Crippen molar-refractivity contribution in [3.63, 3.8) is 0 Å². The second-order valence-electron chi connectivity index (χ2n) is 4.24. The lowest BCUT2D eigenvalue weighted by molar-refractivity contribution is 0.203. The lowest BCUT2D eigenvalue weighted by atomic mass is 10.1. The van der Waals surface area contributed by atoms with Gasteiger partial charge in [-0.2, -0.15) is 0 Å². The van der Waals surface area contributed by atoms with Crippen LogP contribution >= 0.6 is 0 Å². The summed E-state index contributed by atoms with van der Waals surface area (Å²) in [6.07, 6.45) is 0. The van der Waals surface area contributed by atoms with Gasteiger partial charge in [0.25, 0.3) is 0 Å². The highest BCUT2D eigenvalue weighted by Gasteiger charge is 2.11. The van der Waals surface area contributed by atoms with Crippen molar-refractivity contribution in [2.45, 2.75) is 13.0 Å². The van der Waals surface area contributed by atoms with Gasteiger partial charge >= 0.3 is 0 Å². The number of rotatable bonds is 7. The molecule has 4 N–H and O–H groups in total. The molecule has 0 spiro atoms. The van der Waals surface area contributed by atoms with Gasteiger partial charge in [0, 0.05) is 43.6 Å². The number of aliphatic hydroxyl groups is 1. The van der Waals surface area contributed by atoms with Crippen LogP contribution in [0.4, 0.5) is 5.69 Å². The van der Waals surface area contributed by atoms with Crippen molar-refractivity contribution < 1.29 is 14.9 Å². The Kier molecular flexibility index (Phi) is 5.91. The fraction of sp³-hybridized carbons (Fsp3) is 0.538. The number of ether oxygens (including phenoxy) is 1. The van der Waals surface area contributed by atoms with Gasteiger partial charge in [0.1, 0.15) is 5.75 Å². The summed E-state index contributed by atoms with van der Waals surface area (Å²) in [5.41, 5.74) is 7.31. The molecule has 0 aliphatic rings. The van der Waals surface area contributed by atoms with Crippen molar-refractivity contribution in [2.75, 3.05) is 38.3 Å². The fourth-order valence-electron chi connectivity index (χ4n) is 1.81. The molecule has 0 saturated heterocycles. The zero-order chi connectivity index (χ0) is 13.5. The van der Waals surface area contributed by atoms with E-state index in [-0.39, 0.29) is 18.4 Å². The minimum atomic E-state index is -0.204. The average molecular weight is 254 g/mol. The number of benzene rings is 1. The molecule has 0 fully saturated rings. The van der Waals surface area contributed by atoms with E-state index < -0.39 is 0 Å². The van der Waals surface area contributed by atoms with Crippen molar-refractivity contribution in [1.29, 1.82) is 0 Å². The summed E-state index contributed by atoms with van der Waals surface area (Å²) in [5, 5.41) is 18.9. The molecule has 1 atom stereocenters. The van der Waals surface area contributed by atoms with Crippen LogP contribution in [0, 0.1) is 0 Å². The van der Waals surface area contributed by atoms with Crippen molar-refractivity contribution >= 4 is 5.69 Å². The van der Waals surface area contributed by atoms with Gasteiger partial charge < -0.3 is 25.6 Å². The highest BCUT2D eigenvalue weighted by atomic mass is 16.5. The van der Waals surface area contributed by atoms with Crippen LogP contribution in [0.2, 0.25) is 0 Å². The van der Waals surface area contributed by atoms with E-state index in [4.69, 9.17) is 15.6 Å². The quantitative estimate of drug-likeness (QED) is 0.672. The molecule has 18 heavy (non-hydrogen) atoms. The number of nitrogens with zero attached hydrogens (tertiary/aromatic N) is 1. The minimum Gasteiger partial charge on any atom is -0.508 e. The molecule has 0 aliphatic carbocycles. The molecule has 0 radical (unpaired) electrons. The topological polar surface area (TPSA) is 79.0 Å². The molecule has 0 aromatic heterocycles.